The van der Waals surface area contributed by atoms with E-state index in [1.165, 1.54) is 12.5 Å². The van der Waals surface area contributed by atoms with E-state index in [1.807, 2.05) is 41.0 Å². The van der Waals surface area contributed by atoms with Gasteiger partial charge >= 0.3 is 0 Å². The lowest BCUT2D eigenvalue weighted by Gasteiger charge is -2.15. The zero-order chi connectivity index (χ0) is 19.5. The molecular formula is C21H20N6O. The number of imidazole rings is 1. The van der Waals surface area contributed by atoms with Crippen LogP contribution >= 0.6 is 0 Å². The second-order valence-corrected chi connectivity index (χ2v) is 6.54. The third kappa shape index (κ3) is 3.68. The Morgan fingerprint density at radius 1 is 1.11 bits per heavy atom. The summed E-state index contributed by atoms with van der Waals surface area (Å²) in [6.07, 6.45) is 5.09. The number of nitrogens with zero attached hydrogens (tertiary/aromatic N) is 4. The van der Waals surface area contributed by atoms with Crippen LogP contribution in [0.4, 0.5) is 11.5 Å². The highest BCUT2D eigenvalue weighted by Gasteiger charge is 2.10. The van der Waals surface area contributed by atoms with E-state index in [0.717, 1.165) is 11.0 Å². The van der Waals surface area contributed by atoms with Crippen LogP contribution in [0.1, 0.15) is 25.5 Å². The van der Waals surface area contributed by atoms with Crippen molar-refractivity contribution in [3.05, 3.63) is 72.8 Å². The molecule has 0 saturated carbocycles. The minimum absolute atomic E-state index is 0.0941. The Kier molecular flexibility index (Phi) is 4.72. The summed E-state index contributed by atoms with van der Waals surface area (Å²) in [4.78, 5) is 24.8. The van der Waals surface area contributed by atoms with Gasteiger partial charge in [-0.3, -0.25) is 14.3 Å². The van der Waals surface area contributed by atoms with Crippen LogP contribution < -0.4 is 10.6 Å². The second-order valence-electron chi connectivity index (χ2n) is 6.54. The first kappa shape index (κ1) is 17.7. The standard InChI is InChI=1S/C21H20N6O/c1-14(16-6-4-3-5-7-16)24-20-11-22-12-21(26-20)27-13-23-18-9-8-17(10-19(18)27)25-15(2)28/h3-14H,1-2H3,(H,24,26)(H,25,28)/t14-/m0/s1. The molecule has 2 aromatic heterocycles. The number of anilines is 2. The molecule has 0 bridgehead atoms. The summed E-state index contributed by atoms with van der Waals surface area (Å²) in [6, 6.07) is 15.8. The molecule has 0 aliphatic heterocycles. The molecule has 7 heteroatoms. The van der Waals surface area contributed by atoms with Gasteiger partial charge in [0.25, 0.3) is 0 Å². The van der Waals surface area contributed by atoms with Gasteiger partial charge in [-0.15, -0.1) is 0 Å². The maximum Gasteiger partial charge on any atom is 0.221 e. The number of rotatable bonds is 5. The lowest BCUT2D eigenvalue weighted by Crippen LogP contribution is -2.09. The number of fused-ring (bicyclic) bond motifs is 1. The molecule has 2 aromatic carbocycles. The van der Waals surface area contributed by atoms with Crippen LogP contribution in [0.3, 0.4) is 0 Å². The van der Waals surface area contributed by atoms with Crippen molar-refractivity contribution >= 4 is 28.4 Å². The minimum Gasteiger partial charge on any atom is -0.362 e. The molecule has 1 amide bonds. The average molecular weight is 372 g/mol. The molecule has 0 aliphatic rings. The van der Waals surface area contributed by atoms with Crippen molar-refractivity contribution < 1.29 is 4.79 Å². The van der Waals surface area contributed by atoms with Gasteiger partial charge in [-0.1, -0.05) is 30.3 Å². The van der Waals surface area contributed by atoms with Crippen molar-refractivity contribution in [2.45, 2.75) is 19.9 Å². The zero-order valence-electron chi connectivity index (χ0n) is 15.6. The summed E-state index contributed by atoms with van der Waals surface area (Å²) >= 11 is 0. The highest BCUT2D eigenvalue weighted by molar-refractivity contribution is 5.91. The van der Waals surface area contributed by atoms with E-state index in [1.54, 1.807) is 18.7 Å². The largest absolute Gasteiger partial charge is 0.362 e. The minimum atomic E-state index is -0.119. The van der Waals surface area contributed by atoms with Gasteiger partial charge in [0.15, 0.2) is 5.82 Å². The number of amides is 1. The number of hydrogen-bond donors (Lipinski definition) is 2. The van der Waals surface area contributed by atoms with E-state index in [-0.39, 0.29) is 11.9 Å². The summed E-state index contributed by atoms with van der Waals surface area (Å²) in [5.74, 6) is 1.20. The number of benzene rings is 2. The molecule has 140 valence electrons. The average Bonchev–Trinajstić information content (AvgIpc) is 3.11. The van der Waals surface area contributed by atoms with Gasteiger partial charge in [0.2, 0.25) is 5.91 Å². The quantitative estimate of drug-likeness (QED) is 0.554. The molecule has 0 radical (unpaired) electrons. The molecule has 0 spiro atoms. The van der Waals surface area contributed by atoms with E-state index >= 15 is 0 Å². The number of aromatic nitrogens is 4. The van der Waals surface area contributed by atoms with E-state index in [0.29, 0.717) is 17.3 Å². The van der Waals surface area contributed by atoms with Gasteiger partial charge in [-0.25, -0.2) is 9.97 Å². The maximum atomic E-state index is 11.3. The predicted molar refractivity (Wildman–Crippen MR) is 109 cm³/mol. The summed E-state index contributed by atoms with van der Waals surface area (Å²) in [5, 5.41) is 6.17. The third-order valence-corrected chi connectivity index (χ3v) is 4.40. The fraction of sp³-hybridized carbons (Fsp3) is 0.143. The Morgan fingerprint density at radius 3 is 2.71 bits per heavy atom. The van der Waals surface area contributed by atoms with Gasteiger partial charge in [0, 0.05) is 18.7 Å². The molecular weight excluding hydrogens is 352 g/mol. The normalized spacial score (nSPS) is 11.9. The van der Waals surface area contributed by atoms with Crippen molar-refractivity contribution in [2.24, 2.45) is 0 Å². The Morgan fingerprint density at radius 2 is 1.93 bits per heavy atom. The van der Waals surface area contributed by atoms with Crippen LogP contribution in [0.25, 0.3) is 16.9 Å². The predicted octanol–water partition coefficient (Wildman–Crippen LogP) is 3.95. The summed E-state index contributed by atoms with van der Waals surface area (Å²) < 4.78 is 1.85. The Hall–Kier alpha value is -3.74. The van der Waals surface area contributed by atoms with Crippen LogP contribution in [0.2, 0.25) is 0 Å². The molecule has 7 nitrogen and oxygen atoms in total. The number of carbonyl (C=O) groups is 1. The number of carbonyl (C=O) groups excluding carboxylic acids is 1. The van der Waals surface area contributed by atoms with Crippen LogP contribution in [0.15, 0.2) is 67.3 Å². The summed E-state index contributed by atoms with van der Waals surface area (Å²) in [5.41, 5.74) is 3.53. The molecule has 2 N–H and O–H groups in total. The molecule has 2 heterocycles. The number of hydrogen-bond acceptors (Lipinski definition) is 5. The molecule has 4 rings (SSSR count). The SMILES string of the molecule is CC(=O)Nc1ccc2ncn(-c3cncc(N[C@@H](C)c4ccccc4)n3)c2c1. The fourth-order valence-electron chi connectivity index (χ4n) is 3.06. The fourth-order valence-corrected chi connectivity index (χ4v) is 3.06. The lowest BCUT2D eigenvalue weighted by molar-refractivity contribution is -0.114. The molecule has 0 aliphatic carbocycles. The molecule has 0 unspecified atom stereocenters. The summed E-state index contributed by atoms with van der Waals surface area (Å²) in [6.45, 7) is 3.56. The zero-order valence-corrected chi connectivity index (χ0v) is 15.6. The van der Waals surface area contributed by atoms with Crippen LogP contribution in [-0.2, 0) is 4.79 Å². The van der Waals surface area contributed by atoms with Gasteiger partial charge in [0.1, 0.15) is 12.1 Å². The van der Waals surface area contributed by atoms with E-state index in [2.05, 4.69) is 44.6 Å². The van der Waals surface area contributed by atoms with Crippen molar-refractivity contribution in [3.63, 3.8) is 0 Å². The van der Waals surface area contributed by atoms with Crippen molar-refractivity contribution in [1.82, 2.24) is 19.5 Å². The van der Waals surface area contributed by atoms with E-state index in [9.17, 15) is 4.79 Å². The first-order chi connectivity index (χ1) is 13.6. The van der Waals surface area contributed by atoms with Gasteiger partial charge in [-0.05, 0) is 30.7 Å². The Labute approximate surface area is 162 Å². The monoisotopic (exact) mass is 372 g/mol. The van der Waals surface area contributed by atoms with E-state index in [4.69, 9.17) is 0 Å². The van der Waals surface area contributed by atoms with Crippen LogP contribution in [-0.4, -0.2) is 25.4 Å². The maximum absolute atomic E-state index is 11.3. The van der Waals surface area contributed by atoms with Crippen LogP contribution in [0.5, 0.6) is 0 Å². The molecule has 4 aromatic rings. The Bertz CT molecular complexity index is 1120. The topological polar surface area (TPSA) is 84.7 Å². The van der Waals surface area contributed by atoms with Crippen molar-refractivity contribution in [3.8, 4) is 5.82 Å². The highest BCUT2D eigenvalue weighted by atomic mass is 16.1. The smallest absolute Gasteiger partial charge is 0.221 e. The Balaban J connectivity index is 1.65. The molecule has 0 fully saturated rings. The number of nitrogens with one attached hydrogen (secondary N) is 2. The summed E-state index contributed by atoms with van der Waals surface area (Å²) in [7, 11) is 0. The van der Waals surface area contributed by atoms with Gasteiger partial charge < -0.3 is 10.6 Å². The van der Waals surface area contributed by atoms with Gasteiger partial charge in [0.05, 0.1) is 23.4 Å². The molecule has 28 heavy (non-hydrogen) atoms. The van der Waals surface area contributed by atoms with Crippen molar-refractivity contribution in [1.29, 1.82) is 0 Å². The molecule has 0 saturated heterocycles. The molecule has 1 atom stereocenters. The van der Waals surface area contributed by atoms with Crippen molar-refractivity contribution in [2.75, 3.05) is 10.6 Å². The highest BCUT2D eigenvalue weighted by Crippen LogP contribution is 2.22. The first-order valence-electron chi connectivity index (χ1n) is 8.99. The van der Waals surface area contributed by atoms with Gasteiger partial charge in [-0.2, -0.15) is 0 Å². The van der Waals surface area contributed by atoms with E-state index < -0.39 is 0 Å². The first-order valence-corrected chi connectivity index (χ1v) is 8.99. The third-order valence-electron chi connectivity index (χ3n) is 4.40. The van der Waals surface area contributed by atoms with Crippen LogP contribution in [0, 0.1) is 0 Å². The lowest BCUT2D eigenvalue weighted by atomic mass is 10.1. The second kappa shape index (κ2) is 7.48.